The molecule has 3 aromatic rings. The predicted molar refractivity (Wildman–Crippen MR) is 118 cm³/mol. The smallest absolute Gasteiger partial charge is 0.228 e. The molecule has 0 atom stereocenters. The van der Waals surface area contributed by atoms with E-state index in [-0.39, 0.29) is 5.91 Å². The van der Waals surface area contributed by atoms with Gasteiger partial charge < -0.3 is 10.6 Å². The van der Waals surface area contributed by atoms with Crippen molar-refractivity contribution in [2.45, 2.75) is 33.6 Å². The van der Waals surface area contributed by atoms with Gasteiger partial charge in [0.1, 0.15) is 12.1 Å². The Labute approximate surface area is 171 Å². The number of nitrogens with one attached hydrogen (secondary N) is 2. The summed E-state index contributed by atoms with van der Waals surface area (Å²) in [5, 5.41) is 6.07. The minimum absolute atomic E-state index is 0.0160. The zero-order chi connectivity index (χ0) is 20.8. The summed E-state index contributed by atoms with van der Waals surface area (Å²) < 4.78 is 0. The lowest BCUT2D eigenvalue weighted by Gasteiger charge is -2.09. The van der Waals surface area contributed by atoms with Crippen molar-refractivity contribution in [3.05, 3.63) is 95.1 Å². The number of aromatic nitrogens is 2. The van der Waals surface area contributed by atoms with Crippen LogP contribution in [-0.4, -0.2) is 15.9 Å². The van der Waals surface area contributed by atoms with Gasteiger partial charge in [-0.2, -0.15) is 0 Å². The Morgan fingerprint density at radius 1 is 1.00 bits per heavy atom. The Hall–Kier alpha value is -3.47. The van der Waals surface area contributed by atoms with E-state index in [0.29, 0.717) is 12.8 Å². The second-order valence-electron chi connectivity index (χ2n) is 7.33. The zero-order valence-corrected chi connectivity index (χ0v) is 17.1. The Balaban J connectivity index is 1.61. The van der Waals surface area contributed by atoms with Crippen LogP contribution in [0.15, 0.2) is 67.1 Å². The molecule has 0 spiro atoms. The molecule has 5 heteroatoms. The van der Waals surface area contributed by atoms with Crippen LogP contribution in [0, 0.1) is 13.8 Å². The number of hydrogen-bond acceptors (Lipinski definition) is 4. The van der Waals surface area contributed by atoms with E-state index in [1.54, 1.807) is 6.33 Å². The van der Waals surface area contributed by atoms with E-state index in [9.17, 15) is 4.79 Å². The third-order valence-corrected chi connectivity index (χ3v) is 4.54. The molecule has 29 heavy (non-hydrogen) atoms. The average molecular weight is 386 g/mol. The number of nitrogens with zero attached hydrogens (tertiary/aromatic N) is 2. The summed E-state index contributed by atoms with van der Waals surface area (Å²) in [6, 6.07) is 15.9. The molecule has 0 saturated heterocycles. The molecule has 2 aromatic carbocycles. The first-order valence-electron chi connectivity index (χ1n) is 9.57. The highest BCUT2D eigenvalue weighted by Gasteiger charge is 2.07. The fourth-order valence-electron chi connectivity index (χ4n) is 3.07. The molecule has 0 aliphatic rings. The molecule has 3 rings (SSSR count). The summed E-state index contributed by atoms with van der Waals surface area (Å²) in [4.78, 5) is 20.9. The quantitative estimate of drug-likeness (QED) is 0.611. The van der Waals surface area contributed by atoms with E-state index in [0.717, 1.165) is 45.2 Å². The monoisotopic (exact) mass is 386 g/mol. The second-order valence-corrected chi connectivity index (χ2v) is 7.33. The lowest BCUT2D eigenvalue weighted by molar-refractivity contribution is -0.115. The molecule has 2 N–H and O–H groups in total. The molecule has 1 amide bonds. The number of benzene rings is 2. The normalized spacial score (nSPS) is 10.4. The van der Waals surface area contributed by atoms with E-state index >= 15 is 0 Å². The molecular formula is C24H26N4O. The second kappa shape index (κ2) is 9.15. The molecule has 0 aliphatic carbocycles. The lowest BCUT2D eigenvalue weighted by Crippen LogP contribution is -2.15. The molecule has 1 aromatic heterocycles. The van der Waals surface area contributed by atoms with Gasteiger partial charge in [0, 0.05) is 23.9 Å². The van der Waals surface area contributed by atoms with Gasteiger partial charge in [-0.25, -0.2) is 9.97 Å². The van der Waals surface area contributed by atoms with Gasteiger partial charge in [-0.3, -0.25) is 4.79 Å². The molecule has 0 aliphatic heterocycles. The van der Waals surface area contributed by atoms with Crippen LogP contribution in [0.2, 0.25) is 0 Å². The van der Waals surface area contributed by atoms with Crippen LogP contribution in [0.1, 0.15) is 34.9 Å². The third-order valence-electron chi connectivity index (χ3n) is 4.54. The van der Waals surface area contributed by atoms with Crippen molar-refractivity contribution in [2.75, 3.05) is 10.6 Å². The maximum Gasteiger partial charge on any atom is 0.228 e. The maximum atomic E-state index is 12.4. The fraction of sp³-hybridized carbons (Fsp3) is 0.208. The van der Waals surface area contributed by atoms with Gasteiger partial charge >= 0.3 is 0 Å². The van der Waals surface area contributed by atoms with Crippen LogP contribution in [0.4, 0.5) is 11.5 Å². The summed E-state index contributed by atoms with van der Waals surface area (Å²) in [5.41, 5.74) is 6.99. The van der Waals surface area contributed by atoms with Crippen molar-refractivity contribution in [1.82, 2.24) is 9.97 Å². The first kappa shape index (κ1) is 20.3. The lowest BCUT2D eigenvalue weighted by atomic mass is 10.0. The molecule has 0 radical (unpaired) electrons. The minimum atomic E-state index is -0.0160. The van der Waals surface area contributed by atoms with Gasteiger partial charge in [-0.15, -0.1) is 0 Å². The zero-order valence-electron chi connectivity index (χ0n) is 17.1. The van der Waals surface area contributed by atoms with E-state index in [1.165, 1.54) is 0 Å². The number of rotatable bonds is 7. The van der Waals surface area contributed by atoms with Crippen LogP contribution in [-0.2, 0) is 17.6 Å². The summed E-state index contributed by atoms with van der Waals surface area (Å²) in [7, 11) is 0. The largest absolute Gasteiger partial charge is 0.345 e. The number of aryl methyl sites for hydroxylation is 2. The van der Waals surface area contributed by atoms with Gasteiger partial charge in [-0.05, 0) is 49.6 Å². The number of allylic oxidation sites excluding steroid dienone is 1. The Morgan fingerprint density at radius 3 is 2.48 bits per heavy atom. The first-order valence-corrected chi connectivity index (χ1v) is 9.57. The minimum Gasteiger partial charge on any atom is -0.345 e. The summed E-state index contributed by atoms with van der Waals surface area (Å²) >= 11 is 0. The van der Waals surface area contributed by atoms with E-state index in [2.05, 4.69) is 45.4 Å². The van der Waals surface area contributed by atoms with Crippen LogP contribution < -0.4 is 10.6 Å². The van der Waals surface area contributed by atoms with E-state index < -0.39 is 0 Å². The molecule has 0 unspecified atom stereocenters. The molecule has 0 saturated carbocycles. The van der Waals surface area contributed by atoms with Crippen molar-refractivity contribution in [3.63, 3.8) is 0 Å². The van der Waals surface area contributed by atoms with Crippen molar-refractivity contribution >= 4 is 17.4 Å². The van der Waals surface area contributed by atoms with E-state index in [4.69, 9.17) is 0 Å². The predicted octanol–water partition coefficient (Wildman–Crippen LogP) is 4.81. The molecular weight excluding hydrogens is 360 g/mol. The number of carbonyl (C=O) groups excluding carboxylic acids is 1. The van der Waals surface area contributed by atoms with Gasteiger partial charge in [0.25, 0.3) is 0 Å². The molecule has 148 valence electrons. The van der Waals surface area contributed by atoms with Gasteiger partial charge in [0.15, 0.2) is 0 Å². The SMILES string of the molecule is C=C(C)Nc1cc(Cc2ccc(NC(=O)Cc3cc(C)ccc3C)cc2)ncn1. The van der Waals surface area contributed by atoms with Gasteiger partial charge in [0.2, 0.25) is 5.91 Å². The fourth-order valence-corrected chi connectivity index (χ4v) is 3.07. The number of anilines is 2. The average Bonchev–Trinajstić information content (AvgIpc) is 2.66. The van der Waals surface area contributed by atoms with Crippen molar-refractivity contribution < 1.29 is 4.79 Å². The maximum absolute atomic E-state index is 12.4. The Morgan fingerprint density at radius 2 is 1.76 bits per heavy atom. The van der Waals surface area contributed by atoms with Crippen molar-refractivity contribution in [3.8, 4) is 0 Å². The van der Waals surface area contributed by atoms with Crippen LogP contribution >= 0.6 is 0 Å². The molecule has 0 fully saturated rings. The highest BCUT2D eigenvalue weighted by Crippen LogP contribution is 2.16. The Bertz CT molecular complexity index is 1030. The summed E-state index contributed by atoms with van der Waals surface area (Å²) in [5.74, 6) is 0.718. The van der Waals surface area contributed by atoms with Gasteiger partial charge in [-0.1, -0.05) is 42.5 Å². The molecule has 1 heterocycles. The van der Waals surface area contributed by atoms with Crippen molar-refractivity contribution in [2.24, 2.45) is 0 Å². The molecule has 5 nitrogen and oxygen atoms in total. The van der Waals surface area contributed by atoms with E-state index in [1.807, 2.05) is 51.1 Å². The number of carbonyl (C=O) groups is 1. The number of amides is 1. The third kappa shape index (κ3) is 6.01. The highest BCUT2D eigenvalue weighted by molar-refractivity contribution is 5.92. The first-order chi connectivity index (χ1) is 13.9. The van der Waals surface area contributed by atoms with Crippen LogP contribution in [0.5, 0.6) is 0 Å². The number of hydrogen-bond donors (Lipinski definition) is 2. The Kier molecular flexibility index (Phi) is 6.39. The summed E-state index contributed by atoms with van der Waals surface area (Å²) in [6.45, 7) is 9.78. The highest BCUT2D eigenvalue weighted by atomic mass is 16.1. The molecule has 0 bridgehead atoms. The van der Waals surface area contributed by atoms with Crippen molar-refractivity contribution in [1.29, 1.82) is 0 Å². The standard InChI is InChI=1S/C24H26N4O/c1-16(2)27-23-14-22(25-15-26-23)12-19-7-9-21(10-8-19)28-24(29)13-20-11-17(3)5-6-18(20)4/h5-11,14-15H,1,12-13H2,2-4H3,(H,28,29)(H,25,26,27). The summed E-state index contributed by atoms with van der Waals surface area (Å²) in [6.07, 6.45) is 2.60. The van der Waals surface area contributed by atoms with Gasteiger partial charge in [0.05, 0.1) is 12.1 Å². The van der Waals surface area contributed by atoms with Crippen LogP contribution in [0.25, 0.3) is 0 Å². The topological polar surface area (TPSA) is 66.9 Å². The van der Waals surface area contributed by atoms with Crippen LogP contribution in [0.3, 0.4) is 0 Å².